The maximum atomic E-state index is 13.1. The standard InChI is InChI=1S/C14H17ClFNO3/c15-11-2-1-10(16)7-12(11)17-8-14(20)5-3-9(4-6-14)13(18)19/h1-2,7,9,17,20H,3-6,8H2,(H,18,19). The number of carboxylic acid groups (broad SMARTS) is 1. The van der Waals surface area contributed by atoms with Crippen molar-refractivity contribution >= 4 is 23.3 Å². The molecular weight excluding hydrogens is 285 g/mol. The molecule has 0 spiro atoms. The van der Waals surface area contributed by atoms with Gasteiger partial charge in [0, 0.05) is 6.54 Å². The van der Waals surface area contributed by atoms with Gasteiger partial charge in [0.2, 0.25) is 0 Å². The predicted octanol–water partition coefficient (Wildman–Crippen LogP) is 2.90. The van der Waals surface area contributed by atoms with Crippen molar-refractivity contribution in [3.63, 3.8) is 0 Å². The molecule has 110 valence electrons. The molecule has 0 saturated heterocycles. The second kappa shape index (κ2) is 5.97. The van der Waals surface area contributed by atoms with Crippen molar-refractivity contribution in [1.29, 1.82) is 0 Å². The number of halogens is 2. The summed E-state index contributed by atoms with van der Waals surface area (Å²) in [6.45, 7) is 0.225. The van der Waals surface area contributed by atoms with Crippen LogP contribution >= 0.6 is 11.6 Å². The van der Waals surface area contributed by atoms with E-state index in [0.717, 1.165) is 0 Å². The first-order valence-electron chi connectivity index (χ1n) is 6.54. The van der Waals surface area contributed by atoms with Gasteiger partial charge in [-0.15, -0.1) is 0 Å². The maximum absolute atomic E-state index is 13.1. The molecule has 1 aliphatic carbocycles. The van der Waals surface area contributed by atoms with Crippen LogP contribution in [-0.4, -0.2) is 28.3 Å². The van der Waals surface area contributed by atoms with Crippen molar-refractivity contribution in [1.82, 2.24) is 0 Å². The van der Waals surface area contributed by atoms with Gasteiger partial charge in [0.05, 0.1) is 22.2 Å². The van der Waals surface area contributed by atoms with Crippen molar-refractivity contribution < 1.29 is 19.4 Å². The number of rotatable bonds is 4. The first-order chi connectivity index (χ1) is 9.39. The van der Waals surface area contributed by atoms with E-state index in [0.29, 0.717) is 36.4 Å². The SMILES string of the molecule is O=C(O)C1CCC(O)(CNc2cc(F)ccc2Cl)CC1. The Hall–Kier alpha value is -1.33. The molecule has 20 heavy (non-hydrogen) atoms. The summed E-state index contributed by atoms with van der Waals surface area (Å²) in [4.78, 5) is 10.9. The Morgan fingerprint density at radius 3 is 2.70 bits per heavy atom. The summed E-state index contributed by atoms with van der Waals surface area (Å²) in [5, 5.41) is 22.6. The van der Waals surface area contributed by atoms with Gasteiger partial charge in [-0.25, -0.2) is 4.39 Å². The van der Waals surface area contributed by atoms with Gasteiger partial charge in [-0.2, -0.15) is 0 Å². The third-order valence-electron chi connectivity index (χ3n) is 3.80. The van der Waals surface area contributed by atoms with Gasteiger partial charge >= 0.3 is 5.97 Å². The molecule has 0 amide bonds. The summed E-state index contributed by atoms with van der Waals surface area (Å²) in [5.74, 6) is -1.60. The fourth-order valence-corrected chi connectivity index (χ4v) is 2.66. The van der Waals surface area contributed by atoms with Crippen LogP contribution in [0, 0.1) is 11.7 Å². The largest absolute Gasteiger partial charge is 0.481 e. The lowest BCUT2D eigenvalue weighted by Gasteiger charge is -2.35. The molecule has 0 radical (unpaired) electrons. The van der Waals surface area contributed by atoms with Crippen LogP contribution in [0.5, 0.6) is 0 Å². The number of hydrogen-bond donors (Lipinski definition) is 3. The van der Waals surface area contributed by atoms with Crippen molar-refractivity contribution in [2.75, 3.05) is 11.9 Å². The van der Waals surface area contributed by atoms with Gasteiger partial charge in [-0.05, 0) is 43.9 Å². The summed E-state index contributed by atoms with van der Waals surface area (Å²) in [7, 11) is 0. The van der Waals surface area contributed by atoms with Crippen molar-refractivity contribution in [2.45, 2.75) is 31.3 Å². The Labute approximate surface area is 121 Å². The lowest BCUT2D eigenvalue weighted by molar-refractivity contribution is -0.144. The predicted molar refractivity (Wildman–Crippen MR) is 74.4 cm³/mol. The number of nitrogens with one attached hydrogen (secondary N) is 1. The number of carbonyl (C=O) groups is 1. The second-order valence-corrected chi connectivity index (χ2v) is 5.72. The highest BCUT2D eigenvalue weighted by atomic mass is 35.5. The van der Waals surface area contributed by atoms with E-state index in [1.165, 1.54) is 18.2 Å². The first-order valence-corrected chi connectivity index (χ1v) is 6.91. The minimum Gasteiger partial charge on any atom is -0.481 e. The van der Waals surface area contributed by atoms with Crippen LogP contribution in [0.4, 0.5) is 10.1 Å². The Kier molecular flexibility index (Phi) is 4.50. The van der Waals surface area contributed by atoms with E-state index in [4.69, 9.17) is 16.7 Å². The van der Waals surface area contributed by atoms with Gasteiger partial charge in [0.25, 0.3) is 0 Å². The second-order valence-electron chi connectivity index (χ2n) is 5.31. The summed E-state index contributed by atoms with van der Waals surface area (Å²) in [5.41, 5.74) is -0.540. The normalized spacial score (nSPS) is 26.2. The van der Waals surface area contributed by atoms with Gasteiger partial charge in [-0.3, -0.25) is 4.79 Å². The molecular formula is C14H17ClFNO3. The van der Waals surface area contributed by atoms with Crippen molar-refractivity contribution in [3.8, 4) is 0 Å². The smallest absolute Gasteiger partial charge is 0.306 e. The molecule has 1 fully saturated rings. The molecule has 1 aromatic carbocycles. The van der Waals surface area contributed by atoms with Gasteiger partial charge < -0.3 is 15.5 Å². The number of aliphatic hydroxyl groups is 1. The van der Waals surface area contributed by atoms with Crippen molar-refractivity contribution in [3.05, 3.63) is 29.0 Å². The highest BCUT2D eigenvalue weighted by Crippen LogP contribution is 2.33. The van der Waals surface area contributed by atoms with E-state index in [1.807, 2.05) is 0 Å². The summed E-state index contributed by atoms with van der Waals surface area (Å²) >= 11 is 5.94. The van der Waals surface area contributed by atoms with Gasteiger partial charge in [0.1, 0.15) is 5.82 Å². The lowest BCUT2D eigenvalue weighted by Crippen LogP contribution is -2.41. The molecule has 0 atom stereocenters. The molecule has 4 nitrogen and oxygen atoms in total. The molecule has 0 unspecified atom stereocenters. The number of hydrogen-bond acceptors (Lipinski definition) is 3. The van der Waals surface area contributed by atoms with Crippen molar-refractivity contribution in [2.24, 2.45) is 5.92 Å². The quantitative estimate of drug-likeness (QED) is 0.800. The zero-order valence-electron chi connectivity index (χ0n) is 10.9. The van der Waals surface area contributed by atoms with Crippen LogP contribution in [0.15, 0.2) is 18.2 Å². The third kappa shape index (κ3) is 3.61. The Balaban J connectivity index is 1.94. The van der Waals surface area contributed by atoms with E-state index in [9.17, 15) is 14.3 Å². The minimum absolute atomic E-state index is 0.225. The van der Waals surface area contributed by atoms with Crippen LogP contribution in [-0.2, 0) is 4.79 Å². The zero-order valence-corrected chi connectivity index (χ0v) is 11.7. The highest BCUT2D eigenvalue weighted by molar-refractivity contribution is 6.33. The molecule has 1 aliphatic rings. The molecule has 6 heteroatoms. The average molecular weight is 302 g/mol. The van der Waals surface area contributed by atoms with E-state index in [2.05, 4.69) is 5.32 Å². The fraction of sp³-hybridized carbons (Fsp3) is 0.500. The number of aliphatic carboxylic acids is 1. The Bertz CT molecular complexity index is 501. The van der Waals surface area contributed by atoms with E-state index < -0.39 is 17.4 Å². The van der Waals surface area contributed by atoms with Crippen LogP contribution in [0.25, 0.3) is 0 Å². The first kappa shape index (κ1) is 15.1. The molecule has 3 N–H and O–H groups in total. The number of benzene rings is 1. The Morgan fingerprint density at radius 2 is 2.10 bits per heavy atom. The molecule has 2 rings (SSSR count). The Morgan fingerprint density at radius 1 is 1.45 bits per heavy atom. The van der Waals surface area contributed by atoms with Gasteiger partial charge in [0.15, 0.2) is 0 Å². The van der Waals surface area contributed by atoms with E-state index in [1.54, 1.807) is 0 Å². The molecule has 1 aromatic rings. The fourth-order valence-electron chi connectivity index (χ4n) is 2.47. The average Bonchev–Trinajstić information content (AvgIpc) is 2.40. The topological polar surface area (TPSA) is 69.6 Å². The maximum Gasteiger partial charge on any atom is 0.306 e. The molecule has 0 aliphatic heterocycles. The molecule has 0 bridgehead atoms. The summed E-state index contributed by atoms with van der Waals surface area (Å²) in [6.07, 6.45) is 1.71. The zero-order chi connectivity index (χ0) is 14.8. The monoisotopic (exact) mass is 301 g/mol. The highest BCUT2D eigenvalue weighted by Gasteiger charge is 2.35. The molecule has 0 heterocycles. The van der Waals surface area contributed by atoms with Crippen LogP contribution < -0.4 is 5.32 Å². The summed E-state index contributed by atoms with van der Waals surface area (Å²) < 4.78 is 13.1. The minimum atomic E-state index is -0.971. The van der Waals surface area contributed by atoms with Crippen LogP contribution in [0.3, 0.4) is 0 Å². The number of carboxylic acids is 1. The van der Waals surface area contributed by atoms with Crippen LogP contribution in [0.1, 0.15) is 25.7 Å². The summed E-state index contributed by atoms with van der Waals surface area (Å²) in [6, 6.07) is 3.99. The molecule has 0 aromatic heterocycles. The number of anilines is 1. The molecule has 1 saturated carbocycles. The van der Waals surface area contributed by atoms with E-state index in [-0.39, 0.29) is 12.5 Å². The third-order valence-corrected chi connectivity index (χ3v) is 4.13. The van der Waals surface area contributed by atoms with E-state index >= 15 is 0 Å². The lowest BCUT2D eigenvalue weighted by atomic mass is 9.79. The van der Waals surface area contributed by atoms with Crippen LogP contribution in [0.2, 0.25) is 5.02 Å². The van der Waals surface area contributed by atoms with Gasteiger partial charge in [-0.1, -0.05) is 11.6 Å².